The summed E-state index contributed by atoms with van der Waals surface area (Å²) in [5.74, 6) is 0.551. The van der Waals surface area contributed by atoms with Gasteiger partial charge in [-0.1, -0.05) is 31.4 Å². The summed E-state index contributed by atoms with van der Waals surface area (Å²) in [7, 11) is 0. The highest BCUT2D eigenvalue weighted by Crippen LogP contribution is 2.29. The molecule has 5 heteroatoms. The fraction of sp³-hybridized carbons (Fsp3) is 0.611. The van der Waals surface area contributed by atoms with Crippen LogP contribution in [0.2, 0.25) is 0 Å². The van der Waals surface area contributed by atoms with Crippen LogP contribution in [0.4, 0.5) is 4.39 Å². The first-order valence-corrected chi connectivity index (χ1v) is 8.49. The molecule has 2 aliphatic rings. The summed E-state index contributed by atoms with van der Waals surface area (Å²) in [6.07, 6.45) is 6.85. The van der Waals surface area contributed by atoms with Crippen molar-refractivity contribution in [3.8, 4) is 0 Å². The minimum absolute atomic E-state index is 0. The summed E-state index contributed by atoms with van der Waals surface area (Å²) in [5, 5.41) is 3.32. The highest BCUT2D eigenvalue weighted by Gasteiger charge is 2.29. The van der Waals surface area contributed by atoms with E-state index < -0.39 is 0 Å². The van der Waals surface area contributed by atoms with Gasteiger partial charge in [0, 0.05) is 26.1 Å². The number of hydrogen-bond donors (Lipinski definition) is 1. The van der Waals surface area contributed by atoms with Crippen LogP contribution >= 0.6 is 12.4 Å². The summed E-state index contributed by atoms with van der Waals surface area (Å²) < 4.78 is 13.5. The van der Waals surface area contributed by atoms with Crippen LogP contribution in [-0.2, 0) is 4.79 Å². The van der Waals surface area contributed by atoms with Crippen molar-refractivity contribution in [2.75, 3.05) is 19.6 Å². The van der Waals surface area contributed by atoms with E-state index in [9.17, 15) is 9.18 Å². The van der Waals surface area contributed by atoms with E-state index in [2.05, 4.69) is 5.32 Å². The van der Waals surface area contributed by atoms with Gasteiger partial charge >= 0.3 is 0 Å². The lowest BCUT2D eigenvalue weighted by atomic mass is 9.86. The largest absolute Gasteiger partial charge is 0.333 e. The summed E-state index contributed by atoms with van der Waals surface area (Å²) in [4.78, 5) is 14.7. The monoisotopic (exact) mass is 340 g/mol. The molecule has 2 fully saturated rings. The molecular weight excluding hydrogens is 315 g/mol. The molecule has 1 saturated heterocycles. The lowest BCUT2D eigenvalue weighted by Crippen LogP contribution is -2.49. The molecule has 3 nitrogen and oxygen atoms in total. The van der Waals surface area contributed by atoms with Crippen molar-refractivity contribution in [3.63, 3.8) is 0 Å². The van der Waals surface area contributed by atoms with Gasteiger partial charge in [-0.3, -0.25) is 4.79 Å². The molecule has 128 valence electrons. The lowest BCUT2D eigenvalue weighted by Gasteiger charge is -2.37. The van der Waals surface area contributed by atoms with Crippen molar-refractivity contribution in [3.05, 3.63) is 35.6 Å². The van der Waals surface area contributed by atoms with Crippen LogP contribution < -0.4 is 5.32 Å². The molecule has 0 spiro atoms. The van der Waals surface area contributed by atoms with Gasteiger partial charge in [-0.15, -0.1) is 12.4 Å². The Balaban J connectivity index is 0.00000192. The summed E-state index contributed by atoms with van der Waals surface area (Å²) in [6.45, 7) is 2.24. The lowest BCUT2D eigenvalue weighted by molar-refractivity contribution is -0.135. The molecule has 1 atom stereocenters. The predicted molar refractivity (Wildman–Crippen MR) is 92.2 cm³/mol. The molecule has 1 amide bonds. The SMILES string of the molecule is Cl.O=C(CC1CCCCC1)N1CCNCC1c1cccc(F)c1. The van der Waals surface area contributed by atoms with Crippen molar-refractivity contribution < 1.29 is 9.18 Å². The number of rotatable bonds is 3. The number of nitrogens with zero attached hydrogens (tertiary/aromatic N) is 1. The van der Waals surface area contributed by atoms with Crippen LogP contribution in [0.1, 0.15) is 50.1 Å². The first kappa shape index (κ1) is 18.2. The Bertz CT molecular complexity index is 519. The molecule has 1 aliphatic heterocycles. The highest BCUT2D eigenvalue weighted by molar-refractivity contribution is 5.85. The zero-order valence-corrected chi connectivity index (χ0v) is 14.3. The number of amides is 1. The van der Waals surface area contributed by atoms with Crippen molar-refractivity contribution in [2.45, 2.75) is 44.6 Å². The molecule has 23 heavy (non-hydrogen) atoms. The maximum absolute atomic E-state index is 13.5. The van der Waals surface area contributed by atoms with Gasteiger partial charge in [-0.25, -0.2) is 4.39 Å². The average Bonchev–Trinajstić information content (AvgIpc) is 2.56. The van der Waals surface area contributed by atoms with Gasteiger partial charge in [0.15, 0.2) is 0 Å². The highest BCUT2D eigenvalue weighted by atomic mass is 35.5. The summed E-state index contributed by atoms with van der Waals surface area (Å²) in [5.41, 5.74) is 0.893. The molecule has 1 N–H and O–H groups in total. The molecule has 0 aromatic heterocycles. The van der Waals surface area contributed by atoms with E-state index in [0.29, 0.717) is 25.4 Å². The molecular formula is C18H26ClFN2O. The van der Waals surface area contributed by atoms with Gasteiger partial charge in [-0.2, -0.15) is 0 Å². The first-order chi connectivity index (χ1) is 10.7. The van der Waals surface area contributed by atoms with Crippen LogP contribution in [0, 0.1) is 11.7 Å². The smallest absolute Gasteiger partial charge is 0.223 e. The van der Waals surface area contributed by atoms with Gasteiger partial charge < -0.3 is 10.2 Å². The number of piperazine rings is 1. The zero-order chi connectivity index (χ0) is 15.4. The summed E-state index contributed by atoms with van der Waals surface area (Å²) >= 11 is 0. The van der Waals surface area contributed by atoms with Gasteiger partial charge in [0.25, 0.3) is 0 Å². The fourth-order valence-electron chi connectivity index (χ4n) is 3.77. The molecule has 0 radical (unpaired) electrons. The Hall–Kier alpha value is -1.13. The van der Waals surface area contributed by atoms with E-state index in [1.165, 1.54) is 38.2 Å². The third kappa shape index (κ3) is 4.67. The topological polar surface area (TPSA) is 32.3 Å². The number of nitrogens with one attached hydrogen (secondary N) is 1. The third-order valence-electron chi connectivity index (χ3n) is 4.99. The Morgan fingerprint density at radius 1 is 1.26 bits per heavy atom. The first-order valence-electron chi connectivity index (χ1n) is 8.49. The summed E-state index contributed by atoms with van der Waals surface area (Å²) in [6, 6.07) is 6.61. The van der Waals surface area contributed by atoms with E-state index in [0.717, 1.165) is 12.1 Å². The number of benzene rings is 1. The van der Waals surface area contributed by atoms with E-state index in [1.54, 1.807) is 12.1 Å². The molecule has 3 rings (SSSR count). The number of carbonyl (C=O) groups excluding carboxylic acids is 1. The molecule has 1 aromatic rings. The maximum Gasteiger partial charge on any atom is 0.223 e. The average molecular weight is 341 g/mol. The second-order valence-electron chi connectivity index (χ2n) is 6.57. The van der Waals surface area contributed by atoms with Crippen LogP contribution in [0.5, 0.6) is 0 Å². The van der Waals surface area contributed by atoms with E-state index in [-0.39, 0.29) is 30.2 Å². The third-order valence-corrected chi connectivity index (χ3v) is 4.99. The van der Waals surface area contributed by atoms with E-state index >= 15 is 0 Å². The van der Waals surface area contributed by atoms with Crippen molar-refractivity contribution in [2.24, 2.45) is 5.92 Å². The van der Waals surface area contributed by atoms with Crippen molar-refractivity contribution in [1.29, 1.82) is 0 Å². The number of carbonyl (C=O) groups is 1. The van der Waals surface area contributed by atoms with E-state index in [1.807, 2.05) is 11.0 Å². The Morgan fingerprint density at radius 3 is 2.78 bits per heavy atom. The minimum Gasteiger partial charge on any atom is -0.333 e. The predicted octanol–water partition coefficient (Wildman–Crippen LogP) is 3.69. The Kier molecular flexibility index (Phi) is 6.85. The van der Waals surface area contributed by atoms with Gasteiger partial charge in [0.2, 0.25) is 5.91 Å². The molecule has 0 bridgehead atoms. The second kappa shape index (κ2) is 8.65. The number of halogens is 2. The van der Waals surface area contributed by atoms with Crippen LogP contribution in [0.3, 0.4) is 0 Å². The second-order valence-corrected chi connectivity index (χ2v) is 6.57. The molecule has 1 heterocycles. The quantitative estimate of drug-likeness (QED) is 0.910. The standard InChI is InChI=1S/C18H25FN2O.ClH/c19-16-8-4-7-15(12-16)17-13-20-9-10-21(17)18(22)11-14-5-2-1-3-6-14;/h4,7-8,12,14,17,20H,1-3,5-6,9-11,13H2;1H. The molecule has 1 saturated carbocycles. The van der Waals surface area contributed by atoms with Crippen LogP contribution in [0.15, 0.2) is 24.3 Å². The van der Waals surface area contributed by atoms with Gasteiger partial charge in [0.1, 0.15) is 5.82 Å². The van der Waals surface area contributed by atoms with Crippen LogP contribution in [-0.4, -0.2) is 30.4 Å². The molecule has 1 aliphatic carbocycles. The zero-order valence-electron chi connectivity index (χ0n) is 13.5. The fourth-order valence-corrected chi connectivity index (χ4v) is 3.77. The minimum atomic E-state index is -0.234. The van der Waals surface area contributed by atoms with Crippen molar-refractivity contribution >= 4 is 18.3 Å². The van der Waals surface area contributed by atoms with Gasteiger partial charge in [-0.05, 0) is 36.5 Å². The maximum atomic E-state index is 13.5. The number of hydrogen-bond acceptors (Lipinski definition) is 2. The molecule has 1 unspecified atom stereocenters. The molecule has 1 aromatic carbocycles. The van der Waals surface area contributed by atoms with Crippen LogP contribution in [0.25, 0.3) is 0 Å². The Labute approximate surface area is 144 Å². The Morgan fingerprint density at radius 2 is 2.04 bits per heavy atom. The van der Waals surface area contributed by atoms with Gasteiger partial charge in [0.05, 0.1) is 6.04 Å². The van der Waals surface area contributed by atoms with E-state index in [4.69, 9.17) is 0 Å². The van der Waals surface area contributed by atoms with Crippen molar-refractivity contribution in [1.82, 2.24) is 10.2 Å². The normalized spacial score (nSPS) is 22.5.